The summed E-state index contributed by atoms with van der Waals surface area (Å²) in [4.78, 5) is 12.3. The van der Waals surface area contributed by atoms with Crippen LogP contribution < -0.4 is 5.32 Å². The SMILES string of the molecule is Cc1ccc(C)c(NC(=O)CSc2nnc(-c3ccc(Cl)cc3Cl)n2C)c1. The summed E-state index contributed by atoms with van der Waals surface area (Å²) >= 11 is 13.5. The lowest BCUT2D eigenvalue weighted by molar-refractivity contribution is -0.113. The molecule has 1 amide bonds. The van der Waals surface area contributed by atoms with Crippen LogP contribution in [0, 0.1) is 13.8 Å². The molecule has 0 aliphatic rings. The van der Waals surface area contributed by atoms with Crippen LogP contribution in [0.15, 0.2) is 41.6 Å². The van der Waals surface area contributed by atoms with Crippen molar-refractivity contribution in [3.8, 4) is 11.4 Å². The molecular formula is C19H18Cl2N4OS. The summed E-state index contributed by atoms with van der Waals surface area (Å²) in [5.41, 5.74) is 3.69. The van der Waals surface area contributed by atoms with Crippen molar-refractivity contribution in [2.24, 2.45) is 7.05 Å². The molecule has 0 spiro atoms. The molecule has 0 atom stereocenters. The second-order valence-corrected chi connectivity index (χ2v) is 7.93. The molecule has 0 aliphatic carbocycles. The van der Waals surface area contributed by atoms with Gasteiger partial charge in [-0.2, -0.15) is 0 Å². The third-order valence-electron chi connectivity index (χ3n) is 4.01. The molecule has 8 heteroatoms. The first-order valence-corrected chi connectivity index (χ1v) is 9.94. The van der Waals surface area contributed by atoms with Gasteiger partial charge in [-0.05, 0) is 49.2 Å². The molecule has 0 fully saturated rings. The van der Waals surface area contributed by atoms with Gasteiger partial charge < -0.3 is 9.88 Å². The number of nitrogens with zero attached hydrogens (tertiary/aromatic N) is 3. The largest absolute Gasteiger partial charge is 0.325 e. The molecule has 0 saturated heterocycles. The number of carbonyl (C=O) groups is 1. The van der Waals surface area contributed by atoms with E-state index in [4.69, 9.17) is 23.2 Å². The van der Waals surface area contributed by atoms with Gasteiger partial charge in [0.2, 0.25) is 5.91 Å². The van der Waals surface area contributed by atoms with Gasteiger partial charge in [0.15, 0.2) is 11.0 Å². The Labute approximate surface area is 172 Å². The van der Waals surface area contributed by atoms with Crippen LogP contribution in [-0.4, -0.2) is 26.4 Å². The van der Waals surface area contributed by atoms with Crippen LogP contribution in [0.4, 0.5) is 5.69 Å². The summed E-state index contributed by atoms with van der Waals surface area (Å²) < 4.78 is 1.81. The lowest BCUT2D eigenvalue weighted by atomic mass is 10.1. The minimum atomic E-state index is -0.0947. The minimum Gasteiger partial charge on any atom is -0.325 e. The predicted molar refractivity (Wildman–Crippen MR) is 112 cm³/mol. The summed E-state index contributed by atoms with van der Waals surface area (Å²) in [7, 11) is 1.84. The van der Waals surface area contributed by atoms with E-state index in [0.29, 0.717) is 21.0 Å². The molecule has 3 rings (SSSR count). The average molecular weight is 421 g/mol. The molecule has 3 aromatic rings. The number of benzene rings is 2. The van der Waals surface area contributed by atoms with E-state index in [1.165, 1.54) is 11.8 Å². The van der Waals surface area contributed by atoms with Gasteiger partial charge in [-0.25, -0.2) is 0 Å². The van der Waals surface area contributed by atoms with E-state index in [9.17, 15) is 4.79 Å². The van der Waals surface area contributed by atoms with Crippen LogP contribution >= 0.6 is 35.0 Å². The van der Waals surface area contributed by atoms with Gasteiger partial charge in [0.1, 0.15) is 0 Å². The highest BCUT2D eigenvalue weighted by atomic mass is 35.5. The smallest absolute Gasteiger partial charge is 0.234 e. The van der Waals surface area contributed by atoms with Crippen molar-refractivity contribution >= 4 is 46.6 Å². The molecule has 0 bridgehead atoms. The van der Waals surface area contributed by atoms with Crippen molar-refractivity contribution < 1.29 is 4.79 Å². The minimum absolute atomic E-state index is 0.0947. The van der Waals surface area contributed by atoms with Gasteiger partial charge in [0, 0.05) is 23.3 Å². The Bertz CT molecular complexity index is 1000. The quantitative estimate of drug-likeness (QED) is 0.580. The zero-order chi connectivity index (χ0) is 19.6. The first-order chi connectivity index (χ1) is 12.8. The Hall–Kier alpha value is -2.02. The lowest BCUT2D eigenvalue weighted by Gasteiger charge is -2.09. The Kier molecular flexibility index (Phi) is 6.09. The Balaban J connectivity index is 1.69. The third-order valence-corrected chi connectivity index (χ3v) is 5.57. The predicted octanol–water partition coefficient (Wildman–Crippen LogP) is 5.14. The summed E-state index contributed by atoms with van der Waals surface area (Å²) in [6.45, 7) is 3.96. The monoisotopic (exact) mass is 420 g/mol. The first kappa shape index (κ1) is 19.7. The van der Waals surface area contributed by atoms with Gasteiger partial charge in [0.05, 0.1) is 10.8 Å². The number of hydrogen-bond donors (Lipinski definition) is 1. The summed E-state index contributed by atoms with van der Waals surface area (Å²) in [5, 5.41) is 13.0. The zero-order valence-corrected chi connectivity index (χ0v) is 17.4. The molecule has 1 aromatic heterocycles. The molecule has 1 N–H and O–H groups in total. The van der Waals surface area contributed by atoms with E-state index in [-0.39, 0.29) is 11.7 Å². The molecule has 0 radical (unpaired) electrons. The van der Waals surface area contributed by atoms with Gasteiger partial charge in [-0.1, -0.05) is 47.1 Å². The lowest BCUT2D eigenvalue weighted by Crippen LogP contribution is -2.15. The Morgan fingerprint density at radius 3 is 2.67 bits per heavy atom. The standard InChI is InChI=1S/C19H18Cl2N4OS/c1-11-4-5-12(2)16(8-11)22-17(26)10-27-19-24-23-18(25(19)3)14-7-6-13(20)9-15(14)21/h4-9H,10H2,1-3H3,(H,22,26). The highest BCUT2D eigenvalue weighted by molar-refractivity contribution is 7.99. The first-order valence-electron chi connectivity index (χ1n) is 8.20. The van der Waals surface area contributed by atoms with Crippen LogP contribution in [0.1, 0.15) is 11.1 Å². The summed E-state index contributed by atoms with van der Waals surface area (Å²) in [6.07, 6.45) is 0. The Morgan fingerprint density at radius 1 is 1.15 bits per heavy atom. The van der Waals surface area contributed by atoms with Gasteiger partial charge in [-0.15, -0.1) is 10.2 Å². The maximum Gasteiger partial charge on any atom is 0.234 e. The van der Waals surface area contributed by atoms with Crippen LogP contribution in [0.5, 0.6) is 0 Å². The topological polar surface area (TPSA) is 59.8 Å². The maximum absolute atomic E-state index is 12.3. The van der Waals surface area contributed by atoms with Crippen LogP contribution in [-0.2, 0) is 11.8 Å². The van der Waals surface area contributed by atoms with Crippen LogP contribution in [0.25, 0.3) is 11.4 Å². The third kappa shape index (κ3) is 4.64. The van der Waals surface area contributed by atoms with Crippen molar-refractivity contribution in [3.63, 3.8) is 0 Å². The number of thioether (sulfide) groups is 1. The number of hydrogen-bond acceptors (Lipinski definition) is 4. The number of anilines is 1. The number of carbonyl (C=O) groups excluding carboxylic acids is 1. The number of rotatable bonds is 5. The number of halogens is 2. The molecule has 27 heavy (non-hydrogen) atoms. The number of aryl methyl sites for hydroxylation is 2. The van der Waals surface area contributed by atoms with E-state index >= 15 is 0 Å². The molecule has 2 aromatic carbocycles. The van der Waals surface area contributed by atoms with Gasteiger partial charge >= 0.3 is 0 Å². The Morgan fingerprint density at radius 2 is 1.93 bits per heavy atom. The molecule has 0 saturated carbocycles. The van der Waals surface area contributed by atoms with Crippen LogP contribution in [0.2, 0.25) is 10.0 Å². The second-order valence-electron chi connectivity index (χ2n) is 6.14. The highest BCUT2D eigenvalue weighted by Crippen LogP contribution is 2.30. The maximum atomic E-state index is 12.3. The highest BCUT2D eigenvalue weighted by Gasteiger charge is 2.15. The average Bonchev–Trinajstić information content (AvgIpc) is 2.97. The molecule has 0 aliphatic heterocycles. The van der Waals surface area contributed by atoms with E-state index in [0.717, 1.165) is 22.4 Å². The van der Waals surface area contributed by atoms with Crippen molar-refractivity contribution in [1.82, 2.24) is 14.8 Å². The molecule has 5 nitrogen and oxygen atoms in total. The van der Waals surface area contributed by atoms with E-state index < -0.39 is 0 Å². The normalized spacial score (nSPS) is 10.9. The van der Waals surface area contributed by atoms with Crippen molar-refractivity contribution in [3.05, 3.63) is 57.6 Å². The summed E-state index contributed by atoms with van der Waals surface area (Å²) in [5.74, 6) is 0.755. The molecule has 0 unspecified atom stereocenters. The van der Waals surface area contributed by atoms with Crippen molar-refractivity contribution in [2.45, 2.75) is 19.0 Å². The van der Waals surface area contributed by atoms with E-state index in [2.05, 4.69) is 15.5 Å². The van der Waals surface area contributed by atoms with E-state index in [1.54, 1.807) is 18.2 Å². The van der Waals surface area contributed by atoms with E-state index in [1.807, 2.05) is 43.7 Å². The fourth-order valence-electron chi connectivity index (χ4n) is 2.53. The fraction of sp³-hybridized carbons (Fsp3) is 0.211. The van der Waals surface area contributed by atoms with Crippen molar-refractivity contribution in [2.75, 3.05) is 11.1 Å². The van der Waals surface area contributed by atoms with Gasteiger partial charge in [0.25, 0.3) is 0 Å². The molecule has 1 heterocycles. The number of aromatic nitrogens is 3. The number of nitrogens with one attached hydrogen (secondary N) is 1. The van der Waals surface area contributed by atoms with Crippen molar-refractivity contribution in [1.29, 1.82) is 0 Å². The number of amides is 1. The summed E-state index contributed by atoms with van der Waals surface area (Å²) in [6, 6.07) is 11.2. The molecule has 140 valence electrons. The zero-order valence-electron chi connectivity index (χ0n) is 15.1. The molecular weight excluding hydrogens is 403 g/mol. The van der Waals surface area contributed by atoms with Crippen LogP contribution in [0.3, 0.4) is 0 Å². The fourth-order valence-corrected chi connectivity index (χ4v) is 3.74. The second kappa shape index (κ2) is 8.33. The van der Waals surface area contributed by atoms with Gasteiger partial charge in [-0.3, -0.25) is 4.79 Å².